The maximum absolute atomic E-state index is 4.72. The van der Waals surface area contributed by atoms with Crippen molar-refractivity contribution in [2.24, 2.45) is 5.92 Å². The van der Waals surface area contributed by atoms with Gasteiger partial charge in [-0.1, -0.05) is 19.9 Å². The molecule has 0 aromatic carbocycles. The molecule has 1 aliphatic carbocycles. The third-order valence-electron chi connectivity index (χ3n) is 3.25. The van der Waals surface area contributed by atoms with Gasteiger partial charge in [0.25, 0.3) is 0 Å². The van der Waals surface area contributed by atoms with Gasteiger partial charge in [0.05, 0.1) is 11.4 Å². The van der Waals surface area contributed by atoms with Crippen LogP contribution >= 0.6 is 0 Å². The lowest BCUT2D eigenvalue weighted by molar-refractivity contribution is 0.223. The van der Waals surface area contributed by atoms with E-state index in [1.165, 1.54) is 25.1 Å². The van der Waals surface area contributed by atoms with Gasteiger partial charge in [0.1, 0.15) is 0 Å². The van der Waals surface area contributed by atoms with E-state index in [0.29, 0.717) is 0 Å². The summed E-state index contributed by atoms with van der Waals surface area (Å²) in [5.74, 6) is 0.728. The number of hydrogen-bond acceptors (Lipinski definition) is 3. The van der Waals surface area contributed by atoms with Crippen molar-refractivity contribution in [3.63, 3.8) is 0 Å². The Morgan fingerprint density at radius 3 is 2.67 bits per heavy atom. The second-order valence-corrected chi connectivity index (χ2v) is 5.71. The van der Waals surface area contributed by atoms with Gasteiger partial charge < -0.3 is 5.32 Å². The maximum atomic E-state index is 4.72. The minimum atomic E-state index is 0.728. The molecular formula is C15H25N3. The van der Waals surface area contributed by atoms with Crippen LogP contribution in [0, 0.1) is 5.92 Å². The number of nitrogens with zero attached hydrogens (tertiary/aromatic N) is 2. The molecule has 0 unspecified atom stereocenters. The standard InChI is InChI=1S/C15H25N3/c1-12(2)10-18(15-7-8-15)11-14-6-4-5-13(17-14)9-16-3/h4-6,12,15-16H,7-11H2,1-3H3. The van der Waals surface area contributed by atoms with Gasteiger partial charge in [-0.3, -0.25) is 9.88 Å². The summed E-state index contributed by atoms with van der Waals surface area (Å²) in [5.41, 5.74) is 2.34. The first kappa shape index (κ1) is 13.5. The van der Waals surface area contributed by atoms with Crippen LogP contribution in [0.15, 0.2) is 18.2 Å². The Kier molecular flexibility index (Phi) is 4.72. The largest absolute Gasteiger partial charge is 0.314 e. The Morgan fingerprint density at radius 2 is 2.06 bits per heavy atom. The van der Waals surface area contributed by atoms with Gasteiger partial charge in [0.15, 0.2) is 0 Å². The molecule has 100 valence electrons. The van der Waals surface area contributed by atoms with Gasteiger partial charge in [-0.05, 0) is 37.9 Å². The van der Waals surface area contributed by atoms with E-state index in [9.17, 15) is 0 Å². The summed E-state index contributed by atoms with van der Waals surface area (Å²) in [6.45, 7) is 7.62. The highest BCUT2D eigenvalue weighted by molar-refractivity contribution is 5.11. The molecule has 1 heterocycles. The normalized spacial score (nSPS) is 15.6. The summed E-state index contributed by atoms with van der Waals surface area (Å²) in [7, 11) is 1.96. The summed E-state index contributed by atoms with van der Waals surface area (Å²) in [5, 5.41) is 3.16. The SMILES string of the molecule is CNCc1cccc(CN(CC(C)C)C2CC2)n1. The van der Waals surface area contributed by atoms with Crippen LogP contribution in [0.25, 0.3) is 0 Å². The molecule has 18 heavy (non-hydrogen) atoms. The fraction of sp³-hybridized carbons (Fsp3) is 0.667. The molecule has 3 nitrogen and oxygen atoms in total. The average Bonchev–Trinajstić information content (AvgIpc) is 3.12. The summed E-state index contributed by atoms with van der Waals surface area (Å²) < 4.78 is 0. The molecule has 1 saturated carbocycles. The van der Waals surface area contributed by atoms with Crippen LogP contribution in [0.1, 0.15) is 38.1 Å². The number of nitrogens with one attached hydrogen (secondary N) is 1. The molecule has 0 amide bonds. The summed E-state index contributed by atoms with van der Waals surface area (Å²) in [4.78, 5) is 7.31. The Labute approximate surface area is 111 Å². The number of pyridine rings is 1. The first-order chi connectivity index (χ1) is 8.69. The topological polar surface area (TPSA) is 28.2 Å². The quantitative estimate of drug-likeness (QED) is 0.802. The first-order valence-electron chi connectivity index (χ1n) is 7.02. The molecule has 0 aliphatic heterocycles. The molecular weight excluding hydrogens is 222 g/mol. The molecule has 1 aromatic rings. The Hall–Kier alpha value is -0.930. The molecule has 0 bridgehead atoms. The molecule has 1 N–H and O–H groups in total. The fourth-order valence-corrected chi connectivity index (χ4v) is 2.36. The Balaban J connectivity index is 1.99. The Bertz CT molecular complexity index is 372. The maximum Gasteiger partial charge on any atom is 0.0547 e. The number of hydrogen-bond donors (Lipinski definition) is 1. The van der Waals surface area contributed by atoms with Crippen LogP contribution in [-0.4, -0.2) is 29.5 Å². The molecule has 1 aliphatic rings. The van der Waals surface area contributed by atoms with Crippen LogP contribution in [0.3, 0.4) is 0 Å². The van der Waals surface area contributed by atoms with E-state index < -0.39 is 0 Å². The van der Waals surface area contributed by atoms with Crippen molar-refractivity contribution in [1.29, 1.82) is 0 Å². The van der Waals surface area contributed by atoms with Gasteiger partial charge >= 0.3 is 0 Å². The predicted molar refractivity (Wildman–Crippen MR) is 75.3 cm³/mol. The van der Waals surface area contributed by atoms with Crippen LogP contribution in [0.4, 0.5) is 0 Å². The molecule has 0 atom stereocenters. The lowest BCUT2D eigenvalue weighted by Gasteiger charge is -2.23. The predicted octanol–water partition coefficient (Wildman–Crippen LogP) is 2.42. The van der Waals surface area contributed by atoms with E-state index >= 15 is 0 Å². The van der Waals surface area contributed by atoms with Crippen molar-refractivity contribution < 1.29 is 0 Å². The van der Waals surface area contributed by atoms with Gasteiger partial charge in [0.2, 0.25) is 0 Å². The monoisotopic (exact) mass is 247 g/mol. The van der Waals surface area contributed by atoms with Crippen molar-refractivity contribution in [2.75, 3.05) is 13.6 Å². The van der Waals surface area contributed by atoms with E-state index in [1.54, 1.807) is 0 Å². The molecule has 3 heteroatoms. The summed E-state index contributed by atoms with van der Waals surface area (Å²) in [6, 6.07) is 7.16. The third-order valence-corrected chi connectivity index (χ3v) is 3.25. The molecule has 0 saturated heterocycles. The minimum Gasteiger partial charge on any atom is -0.314 e. The van der Waals surface area contributed by atoms with Gasteiger partial charge in [-0.15, -0.1) is 0 Å². The smallest absolute Gasteiger partial charge is 0.0547 e. The minimum absolute atomic E-state index is 0.728. The van der Waals surface area contributed by atoms with Crippen molar-refractivity contribution in [3.8, 4) is 0 Å². The zero-order chi connectivity index (χ0) is 13.0. The zero-order valence-electron chi connectivity index (χ0n) is 11.8. The molecule has 2 rings (SSSR count). The third kappa shape index (κ3) is 4.07. The van der Waals surface area contributed by atoms with E-state index in [2.05, 4.69) is 42.3 Å². The second-order valence-electron chi connectivity index (χ2n) is 5.71. The van der Waals surface area contributed by atoms with Crippen LogP contribution in [-0.2, 0) is 13.1 Å². The lowest BCUT2D eigenvalue weighted by atomic mass is 10.2. The molecule has 0 spiro atoms. The van der Waals surface area contributed by atoms with E-state index in [-0.39, 0.29) is 0 Å². The van der Waals surface area contributed by atoms with Crippen molar-refractivity contribution >= 4 is 0 Å². The van der Waals surface area contributed by atoms with E-state index in [1.807, 2.05) is 7.05 Å². The van der Waals surface area contributed by atoms with Crippen molar-refractivity contribution in [1.82, 2.24) is 15.2 Å². The van der Waals surface area contributed by atoms with Crippen LogP contribution < -0.4 is 5.32 Å². The number of rotatable bonds is 7. The Morgan fingerprint density at radius 1 is 1.33 bits per heavy atom. The number of aromatic nitrogens is 1. The second kappa shape index (κ2) is 6.30. The van der Waals surface area contributed by atoms with Gasteiger partial charge in [-0.25, -0.2) is 0 Å². The highest BCUT2D eigenvalue weighted by atomic mass is 15.2. The van der Waals surface area contributed by atoms with Crippen LogP contribution in [0.2, 0.25) is 0 Å². The molecule has 1 aromatic heterocycles. The lowest BCUT2D eigenvalue weighted by Crippen LogP contribution is -2.30. The van der Waals surface area contributed by atoms with E-state index in [4.69, 9.17) is 4.98 Å². The average molecular weight is 247 g/mol. The molecule has 0 radical (unpaired) electrons. The van der Waals surface area contributed by atoms with Gasteiger partial charge in [-0.2, -0.15) is 0 Å². The molecule has 1 fully saturated rings. The van der Waals surface area contributed by atoms with E-state index in [0.717, 1.165) is 30.7 Å². The van der Waals surface area contributed by atoms with Crippen molar-refractivity contribution in [2.45, 2.75) is 45.8 Å². The summed E-state index contributed by atoms with van der Waals surface area (Å²) in [6.07, 6.45) is 2.73. The first-order valence-corrected chi connectivity index (χ1v) is 7.02. The van der Waals surface area contributed by atoms with Crippen molar-refractivity contribution in [3.05, 3.63) is 29.6 Å². The van der Waals surface area contributed by atoms with Crippen LogP contribution in [0.5, 0.6) is 0 Å². The highest BCUT2D eigenvalue weighted by Crippen LogP contribution is 2.28. The van der Waals surface area contributed by atoms with Gasteiger partial charge in [0, 0.05) is 25.7 Å². The fourth-order valence-electron chi connectivity index (χ4n) is 2.36. The highest BCUT2D eigenvalue weighted by Gasteiger charge is 2.29. The zero-order valence-corrected chi connectivity index (χ0v) is 11.8. The summed E-state index contributed by atoms with van der Waals surface area (Å²) >= 11 is 0.